The van der Waals surface area contributed by atoms with Crippen LogP contribution in [0.1, 0.15) is 0 Å². The molecule has 0 aliphatic rings. The highest BCUT2D eigenvalue weighted by Gasteiger charge is 2.16. The van der Waals surface area contributed by atoms with Crippen molar-refractivity contribution in [2.45, 2.75) is 0 Å². The van der Waals surface area contributed by atoms with Crippen molar-refractivity contribution < 1.29 is 14.1 Å². The van der Waals surface area contributed by atoms with Gasteiger partial charge in [-0.1, -0.05) is 23.2 Å². The van der Waals surface area contributed by atoms with Gasteiger partial charge in [-0.25, -0.2) is 4.79 Å². The van der Waals surface area contributed by atoms with Crippen molar-refractivity contribution in [2.75, 3.05) is 0 Å². The molecule has 0 radical (unpaired) electrons. The number of aromatic nitrogens is 1. The molecule has 0 aliphatic heterocycles. The average molecular weight is 341 g/mol. The Kier molecular flexibility index (Phi) is 3.51. The van der Waals surface area contributed by atoms with E-state index < -0.39 is 10.7 Å². The monoisotopic (exact) mass is 340 g/mol. The van der Waals surface area contributed by atoms with Crippen molar-refractivity contribution >= 4 is 40.0 Å². The first kappa shape index (κ1) is 14.4. The van der Waals surface area contributed by atoms with Gasteiger partial charge in [0.1, 0.15) is 5.75 Å². The van der Waals surface area contributed by atoms with E-state index in [-0.39, 0.29) is 21.5 Å². The van der Waals surface area contributed by atoms with Gasteiger partial charge in [-0.15, -0.1) is 0 Å². The predicted octanol–water partition coefficient (Wildman–Crippen LogP) is 4.13. The molecule has 0 bridgehead atoms. The van der Waals surface area contributed by atoms with Gasteiger partial charge in [-0.3, -0.25) is 15.1 Å². The molecule has 2 aromatic carbocycles. The number of H-pyrrole nitrogens is 1. The van der Waals surface area contributed by atoms with Crippen molar-refractivity contribution in [2.24, 2.45) is 0 Å². The normalized spacial score (nSPS) is 10.8. The van der Waals surface area contributed by atoms with Crippen LogP contribution in [0.4, 0.5) is 5.69 Å². The quantitative estimate of drug-likeness (QED) is 0.570. The number of benzene rings is 2. The van der Waals surface area contributed by atoms with Gasteiger partial charge in [0.05, 0.1) is 20.5 Å². The maximum absolute atomic E-state index is 11.1. The number of nitro groups is 1. The molecule has 3 rings (SSSR count). The van der Waals surface area contributed by atoms with Crippen LogP contribution in [0.15, 0.2) is 39.5 Å². The van der Waals surface area contributed by atoms with Crippen molar-refractivity contribution in [1.29, 1.82) is 0 Å². The Hall–Kier alpha value is -2.51. The molecule has 0 saturated carbocycles. The Morgan fingerprint density at radius 2 is 1.86 bits per heavy atom. The number of halogens is 2. The molecular formula is C13H6Cl2N2O5. The highest BCUT2D eigenvalue weighted by atomic mass is 35.5. The van der Waals surface area contributed by atoms with Crippen LogP contribution in [-0.4, -0.2) is 9.91 Å². The SMILES string of the molecule is O=c1[nH]c2ccc(Oc3c(Cl)cc([N+](=O)[O-])cc3Cl)cc2o1. The molecule has 0 spiro atoms. The molecule has 0 unspecified atom stereocenters. The van der Waals surface area contributed by atoms with Gasteiger partial charge in [-0.05, 0) is 12.1 Å². The molecule has 0 atom stereocenters. The van der Waals surface area contributed by atoms with E-state index in [0.29, 0.717) is 16.8 Å². The number of non-ortho nitro benzene ring substituents is 1. The van der Waals surface area contributed by atoms with Crippen LogP contribution in [0.3, 0.4) is 0 Å². The first-order chi connectivity index (χ1) is 10.4. The number of hydrogen-bond donors (Lipinski definition) is 1. The summed E-state index contributed by atoms with van der Waals surface area (Å²) in [5, 5.41) is 10.7. The van der Waals surface area contributed by atoms with Crippen molar-refractivity contribution in [3.8, 4) is 11.5 Å². The molecule has 22 heavy (non-hydrogen) atoms. The number of hydrogen-bond acceptors (Lipinski definition) is 5. The maximum Gasteiger partial charge on any atom is 0.417 e. The van der Waals surface area contributed by atoms with Crippen molar-refractivity contribution in [3.63, 3.8) is 0 Å². The Bertz CT molecular complexity index is 924. The lowest BCUT2D eigenvalue weighted by Gasteiger charge is -2.09. The van der Waals surface area contributed by atoms with E-state index in [1.165, 1.54) is 6.07 Å². The predicted molar refractivity (Wildman–Crippen MR) is 80.0 cm³/mol. The topological polar surface area (TPSA) is 98.4 Å². The molecule has 7 nitrogen and oxygen atoms in total. The molecular weight excluding hydrogens is 335 g/mol. The molecule has 0 amide bonds. The third kappa shape index (κ3) is 2.63. The summed E-state index contributed by atoms with van der Waals surface area (Å²) in [5.74, 6) is -0.197. The highest BCUT2D eigenvalue weighted by Crippen LogP contribution is 2.39. The fourth-order valence-electron chi connectivity index (χ4n) is 1.86. The summed E-state index contributed by atoms with van der Waals surface area (Å²) in [4.78, 5) is 23.7. The number of oxazole rings is 1. The Labute approximate surface area is 132 Å². The smallest absolute Gasteiger partial charge is 0.417 e. The zero-order valence-electron chi connectivity index (χ0n) is 10.6. The summed E-state index contributed by atoms with van der Waals surface area (Å²) in [5.41, 5.74) is 0.573. The molecule has 1 N–H and O–H groups in total. The second kappa shape index (κ2) is 5.36. The highest BCUT2D eigenvalue weighted by molar-refractivity contribution is 6.37. The Balaban J connectivity index is 2.00. The van der Waals surface area contributed by atoms with Crippen LogP contribution in [0.25, 0.3) is 11.1 Å². The van der Waals surface area contributed by atoms with E-state index >= 15 is 0 Å². The fourth-order valence-corrected chi connectivity index (χ4v) is 2.41. The molecule has 1 aromatic heterocycles. The lowest BCUT2D eigenvalue weighted by Crippen LogP contribution is -1.92. The zero-order chi connectivity index (χ0) is 15.9. The molecule has 9 heteroatoms. The standard InChI is InChI=1S/C13H6Cl2N2O5/c14-8-3-6(17(19)20)4-9(15)12(8)21-7-1-2-10-11(5-7)22-13(18)16-10/h1-5H,(H,16,18). The van der Waals surface area contributed by atoms with E-state index in [9.17, 15) is 14.9 Å². The number of nitrogens with zero attached hydrogens (tertiary/aromatic N) is 1. The molecule has 112 valence electrons. The van der Waals surface area contributed by atoms with Crippen LogP contribution in [0.2, 0.25) is 10.0 Å². The molecule has 0 fully saturated rings. The summed E-state index contributed by atoms with van der Waals surface area (Å²) < 4.78 is 10.4. The summed E-state index contributed by atoms with van der Waals surface area (Å²) >= 11 is 11.9. The van der Waals surface area contributed by atoms with Gasteiger partial charge in [0.15, 0.2) is 11.3 Å². The van der Waals surface area contributed by atoms with Gasteiger partial charge in [0.25, 0.3) is 5.69 Å². The van der Waals surface area contributed by atoms with Crippen LogP contribution < -0.4 is 10.5 Å². The van der Waals surface area contributed by atoms with E-state index in [2.05, 4.69) is 4.98 Å². The van der Waals surface area contributed by atoms with Gasteiger partial charge in [-0.2, -0.15) is 0 Å². The lowest BCUT2D eigenvalue weighted by atomic mass is 10.3. The van der Waals surface area contributed by atoms with Gasteiger partial charge in [0, 0.05) is 18.2 Å². The summed E-state index contributed by atoms with van der Waals surface area (Å²) in [6.07, 6.45) is 0. The second-order valence-corrected chi connectivity index (χ2v) is 5.08. The maximum atomic E-state index is 11.1. The third-order valence-corrected chi connectivity index (χ3v) is 3.37. The minimum absolute atomic E-state index is 0.00480. The molecule has 3 aromatic rings. The largest absolute Gasteiger partial charge is 0.454 e. The van der Waals surface area contributed by atoms with Crippen LogP contribution in [0, 0.1) is 10.1 Å². The molecule has 1 heterocycles. The van der Waals surface area contributed by atoms with Gasteiger partial charge in [0.2, 0.25) is 0 Å². The number of nitrogens with one attached hydrogen (secondary N) is 1. The number of rotatable bonds is 3. The summed E-state index contributed by atoms with van der Waals surface area (Å²) in [6.45, 7) is 0. The molecule has 0 saturated heterocycles. The van der Waals surface area contributed by atoms with Gasteiger partial charge < -0.3 is 9.15 Å². The number of nitro benzene ring substituents is 1. The average Bonchev–Trinajstić information content (AvgIpc) is 2.81. The lowest BCUT2D eigenvalue weighted by molar-refractivity contribution is -0.384. The first-order valence-corrected chi connectivity index (χ1v) is 6.64. The van der Waals surface area contributed by atoms with Crippen molar-refractivity contribution in [3.05, 3.63) is 61.0 Å². The summed E-state index contributed by atoms with van der Waals surface area (Å²) in [7, 11) is 0. The van der Waals surface area contributed by atoms with E-state index in [1.54, 1.807) is 12.1 Å². The minimum atomic E-state index is -0.609. The Morgan fingerprint density at radius 1 is 1.18 bits per heavy atom. The van der Waals surface area contributed by atoms with E-state index in [4.69, 9.17) is 32.4 Å². The number of fused-ring (bicyclic) bond motifs is 1. The van der Waals surface area contributed by atoms with E-state index in [0.717, 1.165) is 12.1 Å². The first-order valence-electron chi connectivity index (χ1n) is 5.88. The number of ether oxygens (including phenoxy) is 1. The van der Waals surface area contributed by atoms with Gasteiger partial charge >= 0.3 is 5.76 Å². The minimum Gasteiger partial charge on any atom is -0.454 e. The van der Waals surface area contributed by atoms with Crippen LogP contribution >= 0.6 is 23.2 Å². The summed E-state index contributed by atoms with van der Waals surface area (Å²) in [6, 6.07) is 6.90. The third-order valence-electron chi connectivity index (χ3n) is 2.81. The number of aromatic amines is 1. The van der Waals surface area contributed by atoms with Crippen LogP contribution in [0.5, 0.6) is 11.5 Å². The second-order valence-electron chi connectivity index (χ2n) is 4.27. The van der Waals surface area contributed by atoms with Crippen LogP contribution in [-0.2, 0) is 0 Å². The molecule has 0 aliphatic carbocycles. The Morgan fingerprint density at radius 3 is 2.50 bits per heavy atom. The van der Waals surface area contributed by atoms with E-state index in [1.807, 2.05) is 0 Å². The van der Waals surface area contributed by atoms with Crippen molar-refractivity contribution in [1.82, 2.24) is 4.98 Å². The fraction of sp³-hybridized carbons (Fsp3) is 0. The zero-order valence-corrected chi connectivity index (χ0v) is 12.1.